The van der Waals surface area contributed by atoms with Crippen LogP contribution >= 0.6 is 9.39 Å². The highest BCUT2D eigenvalue weighted by molar-refractivity contribution is 7.13. The first-order valence-electron chi connectivity index (χ1n) is 4.46. The molecule has 0 saturated carbocycles. The second kappa shape index (κ2) is 13.0. The number of carbonyl (C=O) groups is 3. The zero-order chi connectivity index (χ0) is 12.1. The molecule has 0 aromatic rings. The van der Waals surface area contributed by atoms with Crippen LogP contribution in [0, 0.1) is 0 Å². The van der Waals surface area contributed by atoms with Crippen LogP contribution in [-0.4, -0.2) is 18.2 Å². The van der Waals surface area contributed by atoms with Gasteiger partial charge in [0, 0.05) is 19.3 Å². The predicted molar refractivity (Wildman–Crippen MR) is 58.3 cm³/mol. The van der Waals surface area contributed by atoms with Crippen molar-refractivity contribution in [3.63, 3.8) is 0 Å². The molecular formula is C8H17N2O4P. The highest BCUT2D eigenvalue weighted by Gasteiger charge is 2.04. The molecule has 3 N–H and O–H groups in total. The minimum atomic E-state index is -0.470. The summed E-state index contributed by atoms with van der Waals surface area (Å²) in [5.74, 6) is -0.932. The quantitative estimate of drug-likeness (QED) is 0.400. The zero-order valence-electron chi connectivity index (χ0n) is 8.69. The molecule has 6 nitrogen and oxygen atoms in total. The Hall–Kier alpha value is -1.00. The van der Waals surface area contributed by atoms with Crippen molar-refractivity contribution in [1.29, 1.82) is 0 Å². The molecule has 0 aliphatic heterocycles. The van der Waals surface area contributed by atoms with Crippen molar-refractivity contribution < 1.29 is 19.2 Å². The highest BCUT2D eigenvalue weighted by atomic mass is 31.0. The largest absolute Gasteiger partial charge is 0.341 e. The maximum atomic E-state index is 10.8. The van der Waals surface area contributed by atoms with Gasteiger partial charge in [-0.15, -0.1) is 0 Å². The number of rotatable bonds is 5. The van der Waals surface area contributed by atoms with Crippen molar-refractivity contribution in [3.8, 4) is 0 Å². The number of aldehydes is 1. The third kappa shape index (κ3) is 13.0. The molecule has 1 unspecified atom stereocenters. The van der Waals surface area contributed by atoms with E-state index in [0.717, 1.165) is 0 Å². The monoisotopic (exact) mass is 236 g/mol. The van der Waals surface area contributed by atoms with E-state index in [4.69, 9.17) is 0 Å². The fourth-order valence-corrected chi connectivity index (χ4v) is 0.610. The van der Waals surface area contributed by atoms with Crippen molar-refractivity contribution in [2.75, 3.05) is 0 Å². The van der Waals surface area contributed by atoms with E-state index in [1.807, 2.05) is 21.8 Å². The molecule has 0 spiro atoms. The average Bonchev–Trinajstić information content (AvgIpc) is 2.26. The maximum absolute atomic E-state index is 10.8. The van der Waals surface area contributed by atoms with Gasteiger partial charge in [-0.25, -0.2) is 4.79 Å². The second-order valence-electron chi connectivity index (χ2n) is 2.45. The van der Waals surface area contributed by atoms with Gasteiger partial charge in [-0.1, -0.05) is 16.3 Å². The van der Waals surface area contributed by atoms with E-state index in [1.54, 1.807) is 0 Å². The van der Waals surface area contributed by atoms with Crippen molar-refractivity contribution in [2.45, 2.75) is 32.6 Å². The third-order valence-electron chi connectivity index (χ3n) is 1.22. The lowest BCUT2D eigenvalue weighted by atomic mass is 10.3. The summed E-state index contributed by atoms with van der Waals surface area (Å²) < 4.78 is 0. The lowest BCUT2D eigenvalue weighted by molar-refractivity contribution is -0.158. The van der Waals surface area contributed by atoms with E-state index in [2.05, 4.69) is 10.3 Å². The Labute approximate surface area is 91.1 Å². The molecule has 7 heteroatoms. The summed E-state index contributed by atoms with van der Waals surface area (Å²) in [6, 6.07) is 0. The van der Waals surface area contributed by atoms with Crippen molar-refractivity contribution in [2.24, 2.45) is 5.50 Å². The van der Waals surface area contributed by atoms with Gasteiger partial charge in [0.25, 0.3) is 5.91 Å². The number of hydroxylamine groups is 1. The topological polar surface area (TPSA) is 98.5 Å². The first-order chi connectivity index (χ1) is 7.20. The fourth-order valence-electron chi connectivity index (χ4n) is 0.610. The molecule has 1 amide bonds. The van der Waals surface area contributed by atoms with Crippen LogP contribution in [0.3, 0.4) is 0 Å². The number of carbonyl (C=O) groups excluding carboxylic acids is 3. The van der Waals surface area contributed by atoms with E-state index in [1.165, 1.54) is 0 Å². The highest BCUT2D eigenvalue weighted by Crippen LogP contribution is 1.90. The molecule has 0 aliphatic carbocycles. The molecule has 0 aromatic carbocycles. The number of amides is 1. The van der Waals surface area contributed by atoms with E-state index in [0.29, 0.717) is 12.7 Å². The van der Waals surface area contributed by atoms with Gasteiger partial charge >= 0.3 is 5.97 Å². The molecule has 88 valence electrons. The number of nitrogens with one attached hydrogen (secondary N) is 1. The summed E-state index contributed by atoms with van der Waals surface area (Å²) >= 11 is 0. The Balaban J connectivity index is 0. The minimum absolute atomic E-state index is 0.0445. The standard InChI is InChI=1S/C8H13NO4.H4NP/c1-2-4-8(12)13-9-7(11)5-3-6-10;1-2/h6H,2-5H2,1H3,(H,9,11);1-2H2. The van der Waals surface area contributed by atoms with Gasteiger partial charge < -0.3 is 15.1 Å². The normalized spacial score (nSPS) is 8.20. The summed E-state index contributed by atoms with van der Waals surface area (Å²) in [6.07, 6.45) is 1.75. The van der Waals surface area contributed by atoms with E-state index in [9.17, 15) is 14.4 Å². The summed E-state index contributed by atoms with van der Waals surface area (Å²) in [5, 5.41) is 0. The summed E-state index contributed by atoms with van der Waals surface area (Å²) in [4.78, 5) is 35.7. The Kier molecular flexibility index (Phi) is 14.2. The molecule has 0 saturated heterocycles. The van der Waals surface area contributed by atoms with E-state index in [-0.39, 0.29) is 19.3 Å². The van der Waals surface area contributed by atoms with Gasteiger partial charge in [-0.05, 0) is 6.42 Å². The van der Waals surface area contributed by atoms with Crippen LogP contribution in [0.1, 0.15) is 32.6 Å². The summed E-state index contributed by atoms with van der Waals surface area (Å²) in [6.45, 7) is 1.83. The van der Waals surface area contributed by atoms with Gasteiger partial charge in [-0.2, -0.15) is 5.48 Å². The van der Waals surface area contributed by atoms with Crippen LogP contribution in [0.4, 0.5) is 0 Å². The van der Waals surface area contributed by atoms with Crippen molar-refractivity contribution in [1.82, 2.24) is 5.48 Å². The summed E-state index contributed by atoms with van der Waals surface area (Å²) in [5.41, 5.74) is 6.37. The maximum Gasteiger partial charge on any atom is 0.332 e. The molecule has 0 aliphatic rings. The molecular weight excluding hydrogens is 219 g/mol. The van der Waals surface area contributed by atoms with Gasteiger partial charge in [0.05, 0.1) is 0 Å². The molecule has 0 heterocycles. The predicted octanol–water partition coefficient (Wildman–Crippen LogP) is 0.0752. The first kappa shape index (κ1) is 16.4. The molecule has 0 fully saturated rings. The SMILES string of the molecule is CCCC(=O)ONC(=O)CCC=O.NP. The molecule has 0 aromatic heterocycles. The molecule has 0 rings (SSSR count). The van der Waals surface area contributed by atoms with Crippen molar-refractivity contribution in [3.05, 3.63) is 0 Å². The van der Waals surface area contributed by atoms with Crippen LogP contribution in [-0.2, 0) is 19.2 Å². The van der Waals surface area contributed by atoms with Gasteiger partial charge in [0.2, 0.25) is 0 Å². The Bertz CT molecular complexity index is 199. The number of hydrogen-bond acceptors (Lipinski definition) is 5. The van der Waals surface area contributed by atoms with E-state index < -0.39 is 11.9 Å². The fraction of sp³-hybridized carbons (Fsp3) is 0.625. The van der Waals surface area contributed by atoms with Gasteiger partial charge in [0.1, 0.15) is 6.29 Å². The molecule has 15 heavy (non-hydrogen) atoms. The molecule has 0 bridgehead atoms. The van der Waals surface area contributed by atoms with Crippen LogP contribution in [0.25, 0.3) is 0 Å². The lowest BCUT2D eigenvalue weighted by Gasteiger charge is -2.02. The lowest BCUT2D eigenvalue weighted by Crippen LogP contribution is -2.26. The van der Waals surface area contributed by atoms with Gasteiger partial charge in [-0.3, -0.25) is 4.79 Å². The van der Waals surface area contributed by atoms with Crippen LogP contribution in [0.5, 0.6) is 0 Å². The van der Waals surface area contributed by atoms with Crippen LogP contribution < -0.4 is 11.0 Å². The Morgan fingerprint density at radius 3 is 2.47 bits per heavy atom. The van der Waals surface area contributed by atoms with Crippen LogP contribution in [0.15, 0.2) is 0 Å². The third-order valence-corrected chi connectivity index (χ3v) is 1.22. The smallest absolute Gasteiger partial charge is 0.332 e. The zero-order valence-corrected chi connectivity index (χ0v) is 9.85. The summed E-state index contributed by atoms with van der Waals surface area (Å²) in [7, 11) is 1.92. The first-order valence-corrected chi connectivity index (χ1v) is 5.12. The second-order valence-corrected chi connectivity index (χ2v) is 2.45. The van der Waals surface area contributed by atoms with Crippen molar-refractivity contribution >= 4 is 27.6 Å². The average molecular weight is 236 g/mol. The van der Waals surface area contributed by atoms with Crippen LogP contribution in [0.2, 0.25) is 0 Å². The Morgan fingerprint density at radius 2 is 2.00 bits per heavy atom. The molecule has 0 radical (unpaired) electrons. The Morgan fingerprint density at radius 1 is 1.40 bits per heavy atom. The van der Waals surface area contributed by atoms with E-state index >= 15 is 0 Å². The molecule has 1 atom stereocenters. The minimum Gasteiger partial charge on any atom is -0.341 e. The number of hydrogen-bond donors (Lipinski definition) is 2. The van der Waals surface area contributed by atoms with Gasteiger partial charge in [0.15, 0.2) is 0 Å². The number of nitrogens with two attached hydrogens (primary N) is 1.